The smallest absolute Gasteiger partial charge is 0.318 e. The molecule has 4 rings (SSSR count). The topological polar surface area (TPSA) is 142 Å². The van der Waals surface area contributed by atoms with Gasteiger partial charge in [-0.15, -0.1) is 0 Å². The summed E-state index contributed by atoms with van der Waals surface area (Å²) in [5.74, 6) is -1.79. The highest BCUT2D eigenvalue weighted by Crippen LogP contribution is 2.26. The monoisotopic (exact) mass is 580 g/mol. The molecule has 42 heavy (non-hydrogen) atoms. The van der Waals surface area contributed by atoms with Gasteiger partial charge in [0, 0.05) is 26.1 Å². The zero-order valence-electron chi connectivity index (χ0n) is 25.0. The number of cyclic esters (lactones) is 1. The Bertz CT molecular complexity index is 1380. The van der Waals surface area contributed by atoms with E-state index in [-0.39, 0.29) is 18.4 Å². The molecule has 12 heteroatoms. The van der Waals surface area contributed by atoms with E-state index in [1.165, 1.54) is 17.1 Å². The highest BCUT2D eigenvalue weighted by Gasteiger charge is 2.38. The lowest BCUT2D eigenvalue weighted by Crippen LogP contribution is -2.62. The fraction of sp³-hybridized carbons (Fsp3) is 0.500. The second kappa shape index (κ2) is 12.9. The predicted molar refractivity (Wildman–Crippen MR) is 157 cm³/mol. The van der Waals surface area contributed by atoms with Gasteiger partial charge in [-0.1, -0.05) is 38.1 Å². The maximum Gasteiger partial charge on any atom is 0.318 e. The zero-order chi connectivity index (χ0) is 30.6. The van der Waals surface area contributed by atoms with Crippen LogP contribution in [0.15, 0.2) is 36.4 Å². The first kappa shape index (κ1) is 30.9. The summed E-state index contributed by atoms with van der Waals surface area (Å²) in [6.45, 7) is 7.15. The molecule has 2 aromatic rings. The number of benzene rings is 1. The molecule has 3 amide bonds. The molecule has 2 aliphatic heterocycles. The molecular formula is C30H40N6O6. The van der Waals surface area contributed by atoms with Crippen LogP contribution < -0.4 is 21.2 Å². The van der Waals surface area contributed by atoms with Crippen LogP contribution in [-0.4, -0.2) is 79.2 Å². The molecule has 3 N–H and O–H groups in total. The quantitative estimate of drug-likeness (QED) is 0.465. The Balaban J connectivity index is 1.74. The Morgan fingerprint density at radius 3 is 2.60 bits per heavy atom. The molecule has 0 aliphatic carbocycles. The molecule has 1 aromatic carbocycles. The number of aromatic nitrogens is 1. The number of nitrogens with one attached hydrogen (secondary N) is 3. The van der Waals surface area contributed by atoms with E-state index in [0.717, 1.165) is 10.9 Å². The molecule has 1 aromatic heterocycles. The molecule has 0 spiro atoms. The van der Waals surface area contributed by atoms with Gasteiger partial charge in [0.15, 0.2) is 6.10 Å². The van der Waals surface area contributed by atoms with Crippen LogP contribution in [0.3, 0.4) is 0 Å². The molecule has 3 heterocycles. The van der Waals surface area contributed by atoms with E-state index in [9.17, 15) is 19.2 Å². The molecule has 2 aliphatic rings. The van der Waals surface area contributed by atoms with Crippen molar-refractivity contribution in [1.82, 2.24) is 26.2 Å². The van der Waals surface area contributed by atoms with Gasteiger partial charge in [-0.3, -0.25) is 34.6 Å². The minimum Gasteiger partial charge on any atom is -0.451 e. The summed E-state index contributed by atoms with van der Waals surface area (Å²) in [5, 5.41) is 6.48. The van der Waals surface area contributed by atoms with E-state index < -0.39 is 41.4 Å². The highest BCUT2D eigenvalue weighted by molar-refractivity contribution is 5.92. The molecule has 12 nitrogen and oxygen atoms in total. The SMILES string of the molecule is COC[C@@]1(C)/C=C/c2ccc3ccc(nc3c2)N(C)NC(=O)[C@@H]2CCCN(N2)C(=O)[C@H](C)NC(=O)[C@H](C(C)C)OC1=O. The summed E-state index contributed by atoms with van der Waals surface area (Å²) in [4.78, 5) is 57.9. The maximum absolute atomic E-state index is 13.5. The fourth-order valence-electron chi connectivity index (χ4n) is 4.94. The second-order valence-corrected chi connectivity index (χ2v) is 11.5. The van der Waals surface area contributed by atoms with Crippen molar-refractivity contribution in [2.75, 3.05) is 32.3 Å². The number of anilines is 1. The maximum atomic E-state index is 13.5. The van der Waals surface area contributed by atoms with Crippen LogP contribution in [0.25, 0.3) is 17.0 Å². The lowest BCUT2D eigenvalue weighted by molar-refractivity contribution is -0.168. The summed E-state index contributed by atoms with van der Waals surface area (Å²) in [6.07, 6.45) is 3.46. The van der Waals surface area contributed by atoms with Crippen molar-refractivity contribution in [2.45, 2.75) is 58.7 Å². The van der Waals surface area contributed by atoms with Crippen molar-refractivity contribution in [1.29, 1.82) is 0 Å². The third-order valence-corrected chi connectivity index (χ3v) is 7.47. The number of hydrogen-bond donors (Lipinski definition) is 3. The summed E-state index contributed by atoms with van der Waals surface area (Å²) in [5.41, 5.74) is 6.11. The van der Waals surface area contributed by atoms with Gasteiger partial charge in [0.05, 0.1) is 12.1 Å². The summed E-state index contributed by atoms with van der Waals surface area (Å²) in [7, 11) is 3.18. The van der Waals surface area contributed by atoms with Gasteiger partial charge in [0.25, 0.3) is 17.7 Å². The van der Waals surface area contributed by atoms with Crippen LogP contribution in [0, 0.1) is 11.3 Å². The first-order valence-corrected chi connectivity index (χ1v) is 14.1. The highest BCUT2D eigenvalue weighted by atomic mass is 16.6. The Kier molecular flexibility index (Phi) is 9.47. The summed E-state index contributed by atoms with van der Waals surface area (Å²) < 4.78 is 11.1. The van der Waals surface area contributed by atoms with Crippen molar-refractivity contribution in [3.63, 3.8) is 0 Å². The fourth-order valence-corrected chi connectivity index (χ4v) is 4.94. The minimum absolute atomic E-state index is 0.0198. The predicted octanol–water partition coefficient (Wildman–Crippen LogP) is 1.95. The lowest BCUT2D eigenvalue weighted by Gasteiger charge is -2.35. The molecule has 0 unspecified atom stereocenters. The minimum atomic E-state index is -1.20. The third kappa shape index (κ3) is 6.88. The second-order valence-electron chi connectivity index (χ2n) is 11.5. The van der Waals surface area contributed by atoms with Crippen LogP contribution >= 0.6 is 0 Å². The Morgan fingerprint density at radius 2 is 1.88 bits per heavy atom. The first-order chi connectivity index (χ1) is 19.9. The van der Waals surface area contributed by atoms with Crippen molar-refractivity contribution in [3.05, 3.63) is 42.0 Å². The van der Waals surface area contributed by atoms with E-state index in [0.29, 0.717) is 30.7 Å². The summed E-state index contributed by atoms with van der Waals surface area (Å²) >= 11 is 0. The van der Waals surface area contributed by atoms with Crippen molar-refractivity contribution in [2.24, 2.45) is 11.3 Å². The largest absolute Gasteiger partial charge is 0.451 e. The van der Waals surface area contributed by atoms with Crippen LogP contribution in [0.5, 0.6) is 0 Å². The zero-order valence-corrected chi connectivity index (χ0v) is 25.0. The number of esters is 1. The van der Waals surface area contributed by atoms with Gasteiger partial charge >= 0.3 is 5.97 Å². The molecule has 4 atom stereocenters. The molecule has 1 fully saturated rings. The van der Waals surface area contributed by atoms with Crippen molar-refractivity contribution in [3.8, 4) is 0 Å². The van der Waals surface area contributed by atoms with Crippen LogP contribution in [0.2, 0.25) is 0 Å². The average Bonchev–Trinajstić information content (AvgIpc) is 2.97. The average molecular weight is 581 g/mol. The Labute approximate surface area is 245 Å². The number of hydrazine groups is 2. The number of pyridine rings is 1. The van der Waals surface area contributed by atoms with E-state index in [1.807, 2.05) is 24.3 Å². The Hall–Kier alpha value is -4.03. The van der Waals surface area contributed by atoms with Crippen LogP contribution in [-0.2, 0) is 28.7 Å². The number of nitrogens with zero attached hydrogens (tertiary/aromatic N) is 3. The van der Waals surface area contributed by atoms with Gasteiger partial charge in [-0.05, 0) is 56.4 Å². The number of ether oxygens (including phenoxy) is 2. The van der Waals surface area contributed by atoms with Gasteiger partial charge in [0.1, 0.15) is 23.3 Å². The van der Waals surface area contributed by atoms with E-state index >= 15 is 0 Å². The number of methoxy groups -OCH3 is 1. The standard InChI is InChI=1S/C30H40N6O6/c1-18(2)25-27(38)31-19(3)28(39)36-15-7-8-22(33-36)26(37)34-35(5)24-12-11-21-10-9-20(16-23(21)32-24)13-14-30(4,17-41-6)29(40)42-25/h9-14,16,18-19,22,25,33H,7-8,15,17H2,1-6H3,(H,31,38)(H,34,37)/b14-13+/t19-,22-,25-,30+/m0/s1. The number of fused-ring (bicyclic) bond motifs is 4. The van der Waals surface area contributed by atoms with Gasteiger partial charge in [-0.2, -0.15) is 0 Å². The molecule has 5 bridgehead atoms. The third-order valence-electron chi connectivity index (χ3n) is 7.47. The normalized spacial score (nSPS) is 27.1. The first-order valence-electron chi connectivity index (χ1n) is 14.1. The van der Waals surface area contributed by atoms with Crippen molar-refractivity contribution < 1.29 is 28.7 Å². The number of carbonyl (C=O) groups is 4. The lowest BCUT2D eigenvalue weighted by atomic mass is 9.90. The molecular weight excluding hydrogens is 540 g/mol. The molecule has 1 saturated heterocycles. The van der Waals surface area contributed by atoms with Crippen LogP contribution in [0.4, 0.5) is 5.82 Å². The van der Waals surface area contributed by atoms with E-state index in [4.69, 9.17) is 14.5 Å². The number of hydrogen-bond acceptors (Lipinski definition) is 9. The molecule has 0 radical (unpaired) electrons. The van der Waals surface area contributed by atoms with E-state index in [1.54, 1.807) is 53.0 Å². The van der Waals surface area contributed by atoms with Gasteiger partial charge in [0.2, 0.25) is 0 Å². The number of rotatable bonds is 3. The van der Waals surface area contributed by atoms with Crippen molar-refractivity contribution >= 4 is 46.5 Å². The number of amides is 3. The van der Waals surface area contributed by atoms with E-state index in [2.05, 4.69) is 16.2 Å². The van der Waals surface area contributed by atoms with Gasteiger partial charge < -0.3 is 14.8 Å². The van der Waals surface area contributed by atoms with Crippen LogP contribution in [0.1, 0.15) is 46.1 Å². The summed E-state index contributed by atoms with van der Waals surface area (Å²) in [6, 6.07) is 7.82. The Morgan fingerprint density at radius 1 is 1.14 bits per heavy atom. The van der Waals surface area contributed by atoms with Gasteiger partial charge in [-0.25, -0.2) is 10.4 Å². The molecule has 0 saturated carbocycles. The molecule has 226 valence electrons. The number of carbonyl (C=O) groups excluding carboxylic acids is 4.